The quantitative estimate of drug-likeness (QED) is 0.854. The van der Waals surface area contributed by atoms with E-state index in [2.05, 4.69) is 0 Å². The summed E-state index contributed by atoms with van der Waals surface area (Å²) in [4.78, 5) is -0.489. The molecule has 0 saturated carbocycles. The highest BCUT2D eigenvalue weighted by molar-refractivity contribution is 7.92. The molecule has 2 rings (SSSR count). The van der Waals surface area contributed by atoms with Gasteiger partial charge < -0.3 is 5.73 Å². The average molecular weight is 319 g/mol. The van der Waals surface area contributed by atoms with Crippen molar-refractivity contribution in [2.24, 2.45) is 0 Å². The zero-order chi connectivity index (χ0) is 14.9. The molecule has 106 valence electrons. The Labute approximate surface area is 119 Å². The summed E-state index contributed by atoms with van der Waals surface area (Å²) in [5, 5.41) is -0.122. The lowest BCUT2D eigenvalue weighted by molar-refractivity contribution is 0.595. The third kappa shape index (κ3) is 2.68. The lowest BCUT2D eigenvalue weighted by atomic mass is 10.3. The van der Waals surface area contributed by atoms with Crippen molar-refractivity contribution in [2.75, 3.05) is 10.5 Å². The van der Waals surface area contributed by atoms with Crippen LogP contribution in [0.25, 0.3) is 0 Å². The molecular weight excluding hydrogens is 310 g/mol. The molecule has 0 aliphatic carbocycles. The second-order valence-electron chi connectivity index (χ2n) is 3.85. The smallest absolute Gasteiger partial charge is 0.264 e. The molecule has 0 bridgehead atoms. The molecule has 2 aromatic rings. The lowest BCUT2D eigenvalue weighted by Gasteiger charge is -2.12. The molecule has 0 aliphatic rings. The molecule has 0 heterocycles. The van der Waals surface area contributed by atoms with Crippen molar-refractivity contribution in [2.45, 2.75) is 4.90 Å². The summed E-state index contributed by atoms with van der Waals surface area (Å²) in [6.45, 7) is 0. The third-order valence-corrected chi connectivity index (χ3v) is 4.22. The molecule has 2 aromatic carbocycles. The zero-order valence-electron chi connectivity index (χ0n) is 9.90. The first-order valence-electron chi connectivity index (χ1n) is 5.34. The zero-order valence-corrected chi connectivity index (χ0v) is 11.5. The predicted molar refractivity (Wildman–Crippen MR) is 73.0 cm³/mol. The molecule has 20 heavy (non-hydrogen) atoms. The van der Waals surface area contributed by atoms with Gasteiger partial charge in [-0.2, -0.15) is 0 Å². The van der Waals surface area contributed by atoms with Gasteiger partial charge in [0.2, 0.25) is 0 Å². The normalized spacial score (nSPS) is 11.3. The summed E-state index contributed by atoms with van der Waals surface area (Å²) in [6.07, 6.45) is 0. The molecule has 0 spiro atoms. The molecule has 0 saturated heterocycles. The fraction of sp³-hybridized carbons (Fsp3) is 0. The number of anilines is 2. The molecule has 0 aliphatic heterocycles. The Morgan fingerprint density at radius 1 is 1.05 bits per heavy atom. The number of rotatable bonds is 3. The number of para-hydroxylation sites is 2. The van der Waals surface area contributed by atoms with Crippen molar-refractivity contribution in [1.29, 1.82) is 0 Å². The van der Waals surface area contributed by atoms with Crippen molar-refractivity contribution < 1.29 is 17.2 Å². The number of nitrogens with two attached hydrogens (primary N) is 1. The van der Waals surface area contributed by atoms with Gasteiger partial charge in [-0.05, 0) is 24.3 Å². The molecular formula is C12H9ClF2N2O2S. The number of nitrogen functional groups attached to an aromatic ring is 1. The summed E-state index contributed by atoms with van der Waals surface area (Å²) in [5.41, 5.74) is 4.41. The summed E-state index contributed by atoms with van der Waals surface area (Å²) in [7, 11) is -4.25. The highest BCUT2D eigenvalue weighted by atomic mass is 35.5. The van der Waals surface area contributed by atoms with E-state index in [9.17, 15) is 17.2 Å². The van der Waals surface area contributed by atoms with E-state index < -0.39 is 37.9 Å². The minimum absolute atomic E-state index is 0.122. The number of hydrogen-bond donors (Lipinski definition) is 2. The highest BCUT2D eigenvalue weighted by Crippen LogP contribution is 2.29. The lowest BCUT2D eigenvalue weighted by Crippen LogP contribution is -2.16. The van der Waals surface area contributed by atoms with Crippen LogP contribution in [0.2, 0.25) is 5.02 Å². The van der Waals surface area contributed by atoms with Gasteiger partial charge >= 0.3 is 0 Å². The van der Waals surface area contributed by atoms with Gasteiger partial charge in [-0.15, -0.1) is 0 Å². The van der Waals surface area contributed by atoms with Gasteiger partial charge in [-0.25, -0.2) is 17.2 Å². The van der Waals surface area contributed by atoms with Crippen molar-refractivity contribution in [3.8, 4) is 0 Å². The Morgan fingerprint density at radius 2 is 1.65 bits per heavy atom. The molecule has 0 amide bonds. The number of halogens is 3. The topological polar surface area (TPSA) is 72.2 Å². The van der Waals surface area contributed by atoms with Crippen LogP contribution in [0, 0.1) is 11.6 Å². The van der Waals surface area contributed by atoms with E-state index in [0.29, 0.717) is 0 Å². The van der Waals surface area contributed by atoms with E-state index in [0.717, 1.165) is 18.2 Å². The van der Waals surface area contributed by atoms with Crippen LogP contribution in [0.1, 0.15) is 0 Å². The number of hydrogen-bond acceptors (Lipinski definition) is 3. The van der Waals surface area contributed by atoms with Crippen LogP contribution in [-0.2, 0) is 10.0 Å². The van der Waals surface area contributed by atoms with Crippen LogP contribution < -0.4 is 10.5 Å². The maximum Gasteiger partial charge on any atom is 0.264 e. The van der Waals surface area contributed by atoms with Crippen LogP contribution in [0.4, 0.5) is 20.2 Å². The Kier molecular flexibility index (Phi) is 3.82. The molecule has 8 heteroatoms. The molecule has 0 unspecified atom stereocenters. The maximum atomic E-state index is 13.6. The first-order valence-corrected chi connectivity index (χ1v) is 7.20. The summed E-state index contributed by atoms with van der Waals surface area (Å²) in [6, 6.07) is 6.99. The van der Waals surface area contributed by atoms with Gasteiger partial charge in [0.05, 0.1) is 10.7 Å². The van der Waals surface area contributed by atoms with E-state index in [1.165, 1.54) is 18.2 Å². The van der Waals surface area contributed by atoms with E-state index >= 15 is 0 Å². The summed E-state index contributed by atoms with van der Waals surface area (Å²) < 4.78 is 53.0. The van der Waals surface area contributed by atoms with E-state index in [-0.39, 0.29) is 5.02 Å². The molecule has 0 aromatic heterocycles. The minimum atomic E-state index is -4.25. The monoisotopic (exact) mass is 318 g/mol. The van der Waals surface area contributed by atoms with Gasteiger partial charge in [-0.3, -0.25) is 4.72 Å². The predicted octanol–water partition coefficient (Wildman–Crippen LogP) is 3.00. The SMILES string of the molecule is Nc1c(F)cccc1S(=O)(=O)Nc1c(F)cccc1Cl. The minimum Gasteiger partial charge on any atom is -0.395 e. The fourth-order valence-corrected chi connectivity index (χ4v) is 3.03. The molecule has 0 radical (unpaired) electrons. The van der Waals surface area contributed by atoms with Gasteiger partial charge in [0, 0.05) is 0 Å². The molecule has 4 nitrogen and oxygen atoms in total. The van der Waals surface area contributed by atoms with E-state index in [1.807, 2.05) is 4.72 Å². The van der Waals surface area contributed by atoms with Crippen LogP contribution >= 0.6 is 11.6 Å². The van der Waals surface area contributed by atoms with Crippen molar-refractivity contribution in [3.05, 3.63) is 53.1 Å². The molecule has 0 fully saturated rings. The van der Waals surface area contributed by atoms with Crippen molar-refractivity contribution in [3.63, 3.8) is 0 Å². The van der Waals surface area contributed by atoms with Crippen molar-refractivity contribution >= 4 is 33.0 Å². The van der Waals surface area contributed by atoms with Crippen LogP contribution in [-0.4, -0.2) is 8.42 Å². The Hall–Kier alpha value is -1.86. The fourth-order valence-electron chi connectivity index (χ4n) is 1.54. The van der Waals surface area contributed by atoms with Gasteiger partial charge in [0.15, 0.2) is 0 Å². The number of benzene rings is 2. The maximum absolute atomic E-state index is 13.6. The Balaban J connectivity index is 2.50. The van der Waals surface area contributed by atoms with Gasteiger partial charge in [-0.1, -0.05) is 23.7 Å². The number of nitrogens with one attached hydrogen (secondary N) is 1. The summed E-state index contributed by atoms with van der Waals surface area (Å²) in [5.74, 6) is -1.73. The first kappa shape index (κ1) is 14.5. The first-order chi connectivity index (χ1) is 9.33. The molecule has 0 atom stereocenters. The molecule has 3 N–H and O–H groups in total. The van der Waals surface area contributed by atoms with Crippen molar-refractivity contribution in [1.82, 2.24) is 0 Å². The Bertz CT molecular complexity index is 746. The second-order valence-corrected chi connectivity index (χ2v) is 5.91. The van der Waals surface area contributed by atoms with E-state index in [1.54, 1.807) is 0 Å². The second kappa shape index (κ2) is 5.26. The third-order valence-electron chi connectivity index (χ3n) is 2.50. The average Bonchev–Trinajstić information content (AvgIpc) is 2.37. The van der Waals surface area contributed by atoms with Crippen LogP contribution in [0.3, 0.4) is 0 Å². The highest BCUT2D eigenvalue weighted by Gasteiger charge is 2.22. The van der Waals surface area contributed by atoms with Crippen LogP contribution in [0.5, 0.6) is 0 Å². The number of sulfonamides is 1. The van der Waals surface area contributed by atoms with E-state index in [4.69, 9.17) is 17.3 Å². The van der Waals surface area contributed by atoms with Gasteiger partial charge in [0.1, 0.15) is 22.2 Å². The largest absolute Gasteiger partial charge is 0.395 e. The Morgan fingerprint density at radius 3 is 2.30 bits per heavy atom. The standard InChI is InChI=1S/C12H9ClF2N2O2S/c13-7-3-1-5-9(15)12(7)17-20(18,19)10-6-2-4-8(14)11(10)16/h1-6,17H,16H2. The van der Waals surface area contributed by atoms with Gasteiger partial charge in [0.25, 0.3) is 10.0 Å². The van der Waals surface area contributed by atoms with Crippen LogP contribution in [0.15, 0.2) is 41.3 Å². The summed E-state index contributed by atoms with van der Waals surface area (Å²) >= 11 is 5.72.